The molecule has 37 heavy (non-hydrogen) atoms. The molecule has 0 N–H and O–H groups in total. The van der Waals surface area contributed by atoms with Crippen LogP contribution in [0, 0.1) is 23.1 Å². The molecule has 1 saturated heterocycles. The monoisotopic (exact) mass is 518 g/mol. The molecule has 5 rings (SSSR count). The summed E-state index contributed by atoms with van der Waals surface area (Å²) in [6.45, 7) is 4.95. The van der Waals surface area contributed by atoms with E-state index in [9.17, 15) is 9.65 Å². The summed E-state index contributed by atoms with van der Waals surface area (Å²) in [5.74, 6) is -0.585. The summed E-state index contributed by atoms with van der Waals surface area (Å²) < 4.78 is 34.6. The molecule has 1 aliphatic rings. The van der Waals surface area contributed by atoms with E-state index in [1.165, 1.54) is 32.4 Å². The molecule has 0 bridgehead atoms. The van der Waals surface area contributed by atoms with Crippen LogP contribution in [0.3, 0.4) is 0 Å². The third-order valence-corrected chi connectivity index (χ3v) is 7.14. The van der Waals surface area contributed by atoms with E-state index >= 15 is 4.39 Å². The second-order valence-electron chi connectivity index (χ2n) is 9.98. The molecule has 0 spiro atoms. The molecule has 0 saturated carbocycles. The third-order valence-electron chi connectivity index (χ3n) is 6.88. The Morgan fingerprint density at radius 1 is 1.16 bits per heavy atom. The fraction of sp³-hybridized carbons (Fsp3) is 0.276. The molecule has 1 aromatic heterocycles. The van der Waals surface area contributed by atoms with E-state index < -0.39 is 17.4 Å². The van der Waals surface area contributed by atoms with Crippen LogP contribution in [0.5, 0.6) is 0 Å². The molecule has 0 radical (unpaired) electrons. The Balaban J connectivity index is 1.42. The van der Waals surface area contributed by atoms with Crippen LogP contribution in [-0.2, 0) is 6.54 Å². The number of likely N-dealkylation sites (tertiary alicyclic amines) is 1. The molecule has 2 heterocycles. The Kier molecular flexibility index (Phi) is 6.80. The Bertz CT molecular complexity index is 1440. The lowest BCUT2D eigenvalue weighted by Gasteiger charge is -2.47. The highest BCUT2D eigenvalue weighted by atomic mass is 35.5. The van der Waals surface area contributed by atoms with E-state index in [4.69, 9.17) is 16.1 Å². The van der Waals surface area contributed by atoms with Gasteiger partial charge in [0.05, 0.1) is 11.6 Å². The Labute approximate surface area is 219 Å². The number of benzene rings is 3. The normalized spacial score (nSPS) is 15.2. The van der Waals surface area contributed by atoms with Gasteiger partial charge in [-0.1, -0.05) is 47.1 Å². The van der Waals surface area contributed by atoms with Gasteiger partial charge in [0.1, 0.15) is 11.5 Å². The number of alkyl halides is 1. The second-order valence-corrected chi connectivity index (χ2v) is 10.4. The molecule has 1 fully saturated rings. The lowest BCUT2D eigenvalue weighted by molar-refractivity contribution is 0.0213. The van der Waals surface area contributed by atoms with Crippen LogP contribution >= 0.6 is 11.6 Å². The van der Waals surface area contributed by atoms with E-state index in [1.807, 2.05) is 42.5 Å². The highest BCUT2D eigenvalue weighted by Gasteiger charge is 2.43. The highest BCUT2D eigenvalue weighted by Crippen LogP contribution is 2.43. The SMILES string of the molecule is CC(C)(F)[C@H](c1cc(F)cc(C#N)c1)C1CN(Cc2cccc(-c3ncon3)c2-c2ccc(Cl)cc2)C1. The minimum Gasteiger partial charge on any atom is -0.342 e. The van der Waals surface area contributed by atoms with Crippen LogP contribution in [0.25, 0.3) is 22.5 Å². The summed E-state index contributed by atoms with van der Waals surface area (Å²) in [7, 11) is 0. The summed E-state index contributed by atoms with van der Waals surface area (Å²) in [6, 6.07) is 19.7. The van der Waals surface area contributed by atoms with Crippen molar-refractivity contribution in [2.24, 2.45) is 5.92 Å². The average Bonchev–Trinajstić information content (AvgIpc) is 3.37. The van der Waals surface area contributed by atoms with Gasteiger partial charge in [0, 0.05) is 36.1 Å². The van der Waals surface area contributed by atoms with Crippen molar-refractivity contribution < 1.29 is 13.3 Å². The van der Waals surface area contributed by atoms with E-state index in [-0.39, 0.29) is 11.5 Å². The first kappa shape index (κ1) is 25.1. The van der Waals surface area contributed by atoms with Gasteiger partial charge < -0.3 is 4.52 Å². The first-order valence-corrected chi connectivity index (χ1v) is 12.4. The standard InChI is InChI=1S/C29H25ClF2N4O/c1-29(2,32)27(21-10-18(13-33)11-24(31)12-21)22-15-36(16-22)14-20-4-3-5-25(28-34-17-37-35-28)26(20)19-6-8-23(30)9-7-19/h3-12,17,22,27H,14-16H2,1-2H3/t27-/m1/s1. The fourth-order valence-corrected chi connectivity index (χ4v) is 5.57. The third kappa shape index (κ3) is 5.27. The lowest BCUT2D eigenvalue weighted by Crippen LogP contribution is -2.52. The topological polar surface area (TPSA) is 66.0 Å². The molecule has 0 unspecified atom stereocenters. The maximum Gasteiger partial charge on any atom is 0.214 e. The second kappa shape index (κ2) is 10.0. The van der Waals surface area contributed by atoms with Crippen LogP contribution in [0.15, 0.2) is 71.6 Å². The number of aromatic nitrogens is 2. The van der Waals surface area contributed by atoms with Crippen molar-refractivity contribution in [3.8, 4) is 28.6 Å². The summed E-state index contributed by atoms with van der Waals surface area (Å²) in [4.78, 5) is 6.49. The average molecular weight is 519 g/mol. The zero-order chi connectivity index (χ0) is 26.2. The summed E-state index contributed by atoms with van der Waals surface area (Å²) >= 11 is 6.14. The number of hydrogen-bond donors (Lipinski definition) is 0. The summed E-state index contributed by atoms with van der Waals surface area (Å²) in [5.41, 5.74) is 3.01. The van der Waals surface area contributed by atoms with Crippen molar-refractivity contribution in [1.29, 1.82) is 5.26 Å². The Hall–Kier alpha value is -3.60. The van der Waals surface area contributed by atoms with Gasteiger partial charge in [0.2, 0.25) is 12.2 Å². The fourth-order valence-electron chi connectivity index (χ4n) is 5.44. The number of rotatable bonds is 7. The van der Waals surface area contributed by atoms with Crippen molar-refractivity contribution in [1.82, 2.24) is 15.0 Å². The van der Waals surface area contributed by atoms with Crippen LogP contribution in [0.1, 0.15) is 36.5 Å². The molecule has 0 aliphatic carbocycles. The van der Waals surface area contributed by atoms with Gasteiger partial charge in [-0.25, -0.2) is 8.78 Å². The van der Waals surface area contributed by atoms with E-state index in [2.05, 4.69) is 21.1 Å². The number of hydrogen-bond acceptors (Lipinski definition) is 5. The zero-order valence-corrected chi connectivity index (χ0v) is 21.2. The largest absolute Gasteiger partial charge is 0.342 e. The molecule has 4 aromatic rings. The van der Waals surface area contributed by atoms with Gasteiger partial charge in [-0.15, -0.1) is 0 Å². The van der Waals surface area contributed by atoms with Gasteiger partial charge in [-0.05, 0) is 72.4 Å². The maximum atomic E-state index is 15.4. The van der Waals surface area contributed by atoms with E-state index in [0.29, 0.717) is 36.0 Å². The van der Waals surface area contributed by atoms with Crippen LogP contribution < -0.4 is 0 Å². The first-order valence-electron chi connectivity index (χ1n) is 12.0. The Morgan fingerprint density at radius 2 is 1.92 bits per heavy atom. The van der Waals surface area contributed by atoms with Gasteiger partial charge in [0.15, 0.2) is 0 Å². The molecular formula is C29H25ClF2N4O. The van der Waals surface area contributed by atoms with Crippen molar-refractivity contribution in [2.45, 2.75) is 32.0 Å². The van der Waals surface area contributed by atoms with Crippen LogP contribution in [0.2, 0.25) is 5.02 Å². The van der Waals surface area contributed by atoms with Crippen LogP contribution in [0.4, 0.5) is 8.78 Å². The highest BCUT2D eigenvalue weighted by molar-refractivity contribution is 6.30. The number of halogens is 3. The molecule has 3 aromatic carbocycles. The zero-order valence-electron chi connectivity index (χ0n) is 20.5. The smallest absolute Gasteiger partial charge is 0.214 e. The molecule has 1 aliphatic heterocycles. The molecular weight excluding hydrogens is 494 g/mol. The van der Waals surface area contributed by atoms with Crippen molar-refractivity contribution in [3.63, 3.8) is 0 Å². The number of nitriles is 1. The van der Waals surface area contributed by atoms with Crippen molar-refractivity contribution in [2.75, 3.05) is 13.1 Å². The van der Waals surface area contributed by atoms with Gasteiger partial charge in [-0.2, -0.15) is 10.2 Å². The molecule has 0 amide bonds. The van der Waals surface area contributed by atoms with Crippen molar-refractivity contribution in [3.05, 3.63) is 94.6 Å². The van der Waals surface area contributed by atoms with Crippen LogP contribution in [-0.4, -0.2) is 33.8 Å². The number of nitrogens with zero attached hydrogens (tertiary/aromatic N) is 4. The lowest BCUT2D eigenvalue weighted by atomic mass is 9.72. The minimum absolute atomic E-state index is 0.0206. The molecule has 5 nitrogen and oxygen atoms in total. The van der Waals surface area contributed by atoms with Gasteiger partial charge in [0.25, 0.3) is 0 Å². The van der Waals surface area contributed by atoms with E-state index in [1.54, 1.807) is 6.07 Å². The first-order chi connectivity index (χ1) is 17.7. The summed E-state index contributed by atoms with van der Waals surface area (Å²) in [5, 5.41) is 14.0. The molecule has 1 atom stereocenters. The maximum absolute atomic E-state index is 15.4. The summed E-state index contributed by atoms with van der Waals surface area (Å²) in [6.07, 6.45) is 1.30. The quantitative estimate of drug-likeness (QED) is 0.263. The van der Waals surface area contributed by atoms with Gasteiger partial charge in [-0.3, -0.25) is 4.90 Å². The molecule has 188 valence electrons. The molecule has 8 heteroatoms. The predicted octanol–water partition coefficient (Wildman–Crippen LogP) is 7.03. The Morgan fingerprint density at radius 3 is 2.57 bits per heavy atom. The van der Waals surface area contributed by atoms with Crippen molar-refractivity contribution >= 4 is 11.6 Å². The minimum atomic E-state index is -1.58. The van der Waals surface area contributed by atoms with Gasteiger partial charge >= 0.3 is 0 Å². The predicted molar refractivity (Wildman–Crippen MR) is 138 cm³/mol. The van der Waals surface area contributed by atoms with E-state index in [0.717, 1.165) is 22.3 Å².